The van der Waals surface area contributed by atoms with Crippen molar-refractivity contribution in [2.24, 2.45) is 0 Å². The van der Waals surface area contributed by atoms with Crippen LogP contribution in [0.4, 0.5) is 5.69 Å². The first-order valence-electron chi connectivity index (χ1n) is 8.88. The molecule has 0 saturated carbocycles. The van der Waals surface area contributed by atoms with Gasteiger partial charge in [0.1, 0.15) is 0 Å². The van der Waals surface area contributed by atoms with Gasteiger partial charge < -0.3 is 9.47 Å². The quantitative estimate of drug-likeness (QED) is 0.710. The summed E-state index contributed by atoms with van der Waals surface area (Å²) < 4.78 is 1.83. The topological polar surface area (TPSA) is 41.4 Å². The summed E-state index contributed by atoms with van der Waals surface area (Å²) in [6.07, 6.45) is 1.42. The Kier molecular flexibility index (Phi) is 4.91. The molecule has 0 aliphatic carbocycles. The lowest BCUT2D eigenvalue weighted by atomic mass is 10.2. The van der Waals surface area contributed by atoms with E-state index in [0.717, 1.165) is 48.8 Å². The van der Waals surface area contributed by atoms with Crippen LogP contribution >= 0.6 is 11.6 Å². The molecule has 1 saturated heterocycles. The van der Waals surface area contributed by atoms with Crippen LogP contribution in [0.2, 0.25) is 5.02 Å². The van der Waals surface area contributed by atoms with Crippen molar-refractivity contribution in [3.63, 3.8) is 0 Å². The van der Waals surface area contributed by atoms with E-state index in [1.165, 1.54) is 11.9 Å². The van der Waals surface area contributed by atoms with Gasteiger partial charge in [-0.15, -0.1) is 0 Å². The van der Waals surface area contributed by atoms with Crippen molar-refractivity contribution in [2.75, 3.05) is 37.6 Å². The number of piperazine rings is 1. The molecule has 0 unspecified atom stereocenters. The molecular weight excluding hydrogens is 348 g/mol. The van der Waals surface area contributed by atoms with Crippen LogP contribution in [-0.2, 0) is 6.54 Å². The third-order valence-corrected chi connectivity index (χ3v) is 5.21. The number of hydrogen-bond acceptors (Lipinski definition) is 4. The van der Waals surface area contributed by atoms with Gasteiger partial charge >= 0.3 is 0 Å². The number of para-hydroxylation sites is 2. The van der Waals surface area contributed by atoms with Crippen molar-refractivity contribution in [3.05, 3.63) is 70.1 Å². The maximum absolute atomic E-state index is 12.2. The van der Waals surface area contributed by atoms with E-state index in [1.54, 1.807) is 0 Å². The fourth-order valence-electron chi connectivity index (χ4n) is 3.47. The van der Waals surface area contributed by atoms with Crippen LogP contribution in [0.15, 0.2) is 59.5 Å². The molecule has 0 spiro atoms. The Balaban J connectivity index is 1.39. The zero-order valence-corrected chi connectivity index (χ0v) is 15.3. The normalized spacial score (nSPS) is 15.5. The number of fused-ring (bicyclic) bond motifs is 1. The summed E-state index contributed by atoms with van der Waals surface area (Å²) in [5, 5.41) is 0.766. The van der Waals surface area contributed by atoms with E-state index in [2.05, 4.69) is 26.9 Å². The number of hydrogen-bond donors (Lipinski definition) is 0. The van der Waals surface area contributed by atoms with Crippen molar-refractivity contribution < 1.29 is 0 Å². The monoisotopic (exact) mass is 368 g/mol. The van der Waals surface area contributed by atoms with Crippen molar-refractivity contribution in [1.29, 1.82) is 0 Å². The Hall–Kier alpha value is -2.37. The smallest absolute Gasteiger partial charge is 0.269 e. The van der Waals surface area contributed by atoms with E-state index in [9.17, 15) is 4.79 Å². The third kappa shape index (κ3) is 3.59. The first-order chi connectivity index (χ1) is 12.7. The second kappa shape index (κ2) is 7.48. The summed E-state index contributed by atoms with van der Waals surface area (Å²) >= 11 is 5.97. The summed E-state index contributed by atoms with van der Waals surface area (Å²) in [6, 6.07) is 15.8. The number of halogens is 1. The van der Waals surface area contributed by atoms with Crippen molar-refractivity contribution >= 4 is 28.3 Å². The molecule has 0 amide bonds. The van der Waals surface area contributed by atoms with Gasteiger partial charge in [0.25, 0.3) is 5.56 Å². The second-order valence-corrected chi connectivity index (χ2v) is 6.98. The van der Waals surface area contributed by atoms with Gasteiger partial charge in [-0.05, 0) is 36.4 Å². The molecule has 2 heterocycles. The van der Waals surface area contributed by atoms with E-state index in [1.807, 2.05) is 41.0 Å². The average Bonchev–Trinajstić information content (AvgIpc) is 2.68. The van der Waals surface area contributed by atoms with Gasteiger partial charge in [-0.25, -0.2) is 4.98 Å². The third-order valence-electron chi connectivity index (χ3n) is 4.96. The van der Waals surface area contributed by atoms with Crippen molar-refractivity contribution in [2.45, 2.75) is 6.54 Å². The van der Waals surface area contributed by atoms with Crippen LogP contribution in [0.1, 0.15) is 0 Å². The molecule has 1 aliphatic rings. The van der Waals surface area contributed by atoms with Gasteiger partial charge in [0.15, 0.2) is 0 Å². The van der Waals surface area contributed by atoms with Gasteiger partial charge in [0.05, 0.1) is 17.2 Å². The molecule has 0 N–H and O–H groups in total. The Morgan fingerprint density at radius 2 is 1.65 bits per heavy atom. The first kappa shape index (κ1) is 17.1. The molecule has 0 bridgehead atoms. The summed E-state index contributed by atoms with van der Waals surface area (Å²) in [6.45, 7) is 5.48. The minimum atomic E-state index is -0.0384. The lowest BCUT2D eigenvalue weighted by Gasteiger charge is -2.36. The van der Waals surface area contributed by atoms with Crippen molar-refractivity contribution in [3.8, 4) is 0 Å². The van der Waals surface area contributed by atoms with Gasteiger partial charge in [0, 0.05) is 50.0 Å². The molecule has 1 aliphatic heterocycles. The van der Waals surface area contributed by atoms with E-state index in [0.29, 0.717) is 6.54 Å². The summed E-state index contributed by atoms with van der Waals surface area (Å²) in [5.74, 6) is 0. The first-order valence-corrected chi connectivity index (χ1v) is 9.26. The molecule has 4 rings (SSSR count). The zero-order valence-electron chi connectivity index (χ0n) is 14.5. The fraction of sp³-hybridized carbons (Fsp3) is 0.300. The largest absolute Gasteiger partial charge is 0.369 e. The molecule has 134 valence electrons. The molecule has 6 heteroatoms. The maximum Gasteiger partial charge on any atom is 0.269 e. The Labute approximate surface area is 157 Å². The van der Waals surface area contributed by atoms with E-state index < -0.39 is 0 Å². The van der Waals surface area contributed by atoms with Crippen LogP contribution < -0.4 is 10.5 Å². The molecule has 3 aromatic rings. The maximum atomic E-state index is 12.2. The van der Waals surface area contributed by atoms with E-state index in [4.69, 9.17) is 11.6 Å². The predicted molar refractivity (Wildman–Crippen MR) is 106 cm³/mol. The predicted octanol–water partition coefficient (Wildman–Crippen LogP) is 2.87. The number of rotatable bonds is 4. The fourth-order valence-corrected chi connectivity index (χ4v) is 3.59. The SMILES string of the molecule is O=c1cnc2ccccc2n1CCN1CCN(c2ccc(Cl)cc2)CC1. The lowest BCUT2D eigenvalue weighted by molar-refractivity contribution is 0.248. The van der Waals surface area contributed by atoms with E-state index in [-0.39, 0.29) is 5.56 Å². The Bertz CT molecular complexity index is 946. The molecule has 5 nitrogen and oxygen atoms in total. The molecular formula is C20H21ClN4O. The van der Waals surface area contributed by atoms with Crippen LogP contribution in [0.25, 0.3) is 11.0 Å². The average molecular weight is 369 g/mol. The summed E-state index contributed by atoms with van der Waals surface area (Å²) in [7, 11) is 0. The highest BCUT2D eigenvalue weighted by molar-refractivity contribution is 6.30. The molecule has 1 aromatic heterocycles. The highest BCUT2D eigenvalue weighted by Crippen LogP contribution is 2.19. The van der Waals surface area contributed by atoms with Crippen LogP contribution in [0.5, 0.6) is 0 Å². The van der Waals surface area contributed by atoms with Gasteiger partial charge in [0.2, 0.25) is 0 Å². The molecule has 1 fully saturated rings. The highest BCUT2D eigenvalue weighted by atomic mass is 35.5. The second-order valence-electron chi connectivity index (χ2n) is 6.54. The van der Waals surface area contributed by atoms with Gasteiger partial charge in [-0.3, -0.25) is 9.69 Å². The number of anilines is 1. The molecule has 0 radical (unpaired) electrons. The van der Waals surface area contributed by atoms with Gasteiger partial charge in [-0.1, -0.05) is 23.7 Å². The Morgan fingerprint density at radius 1 is 0.923 bits per heavy atom. The standard InChI is InChI=1S/C20H21ClN4O/c21-16-5-7-17(8-6-16)24-12-9-23(10-13-24)11-14-25-19-4-2-1-3-18(19)22-15-20(25)26/h1-8,15H,9-14H2. The number of benzene rings is 2. The molecule has 2 aromatic carbocycles. The summed E-state index contributed by atoms with van der Waals surface area (Å²) in [4.78, 5) is 21.2. The minimum Gasteiger partial charge on any atom is -0.369 e. The molecule has 0 atom stereocenters. The lowest BCUT2D eigenvalue weighted by Crippen LogP contribution is -2.47. The van der Waals surface area contributed by atoms with Gasteiger partial charge in [-0.2, -0.15) is 0 Å². The minimum absolute atomic E-state index is 0.0384. The zero-order chi connectivity index (χ0) is 17.9. The number of aromatic nitrogens is 2. The highest BCUT2D eigenvalue weighted by Gasteiger charge is 2.17. The molecule has 26 heavy (non-hydrogen) atoms. The van der Waals surface area contributed by atoms with Crippen LogP contribution in [0.3, 0.4) is 0 Å². The number of nitrogens with zero attached hydrogens (tertiary/aromatic N) is 4. The Morgan fingerprint density at radius 3 is 2.42 bits per heavy atom. The van der Waals surface area contributed by atoms with Crippen molar-refractivity contribution in [1.82, 2.24) is 14.5 Å². The van der Waals surface area contributed by atoms with Crippen LogP contribution in [-0.4, -0.2) is 47.2 Å². The van der Waals surface area contributed by atoms with E-state index >= 15 is 0 Å². The van der Waals surface area contributed by atoms with Crippen LogP contribution in [0, 0.1) is 0 Å². The summed E-state index contributed by atoms with van der Waals surface area (Å²) in [5.41, 5.74) is 2.94.